The fraction of sp³-hybridized carbons (Fsp3) is 0.591. The highest BCUT2D eigenvalue weighted by molar-refractivity contribution is 5.75. The maximum Gasteiger partial charge on any atom is 0.244 e. The van der Waals surface area contributed by atoms with Crippen molar-refractivity contribution in [3.8, 4) is 22.9 Å². The standard InChI is InChI=1S/C22H31N3O5/c1-28-18-11-17(12-19(14-18)29-2)21-23-22(30-25-21)16(13-20(26)24-27)10-6-9-15-7-4-3-5-8-15/h11-12,14-16,27H,3-10,13H2,1-2H3,(H,24,26). The molecule has 8 heteroatoms. The molecule has 30 heavy (non-hydrogen) atoms. The molecule has 1 heterocycles. The van der Waals surface area contributed by atoms with Crippen molar-refractivity contribution in [2.24, 2.45) is 5.92 Å². The van der Waals surface area contributed by atoms with Crippen molar-refractivity contribution >= 4 is 5.91 Å². The number of hydrogen-bond donors (Lipinski definition) is 2. The average Bonchev–Trinajstić information content (AvgIpc) is 3.29. The number of benzene rings is 1. The smallest absolute Gasteiger partial charge is 0.244 e. The molecule has 2 aromatic rings. The number of methoxy groups -OCH3 is 2. The number of ether oxygens (including phenoxy) is 2. The van der Waals surface area contributed by atoms with E-state index in [-0.39, 0.29) is 12.3 Å². The Balaban J connectivity index is 1.72. The molecule has 0 radical (unpaired) electrons. The van der Waals surface area contributed by atoms with Crippen molar-refractivity contribution in [2.45, 2.75) is 63.7 Å². The van der Waals surface area contributed by atoms with Gasteiger partial charge in [0.25, 0.3) is 0 Å². The molecule has 0 bridgehead atoms. The van der Waals surface area contributed by atoms with Gasteiger partial charge in [0.1, 0.15) is 11.5 Å². The molecule has 1 atom stereocenters. The van der Waals surface area contributed by atoms with Crippen LogP contribution in [0.25, 0.3) is 11.4 Å². The van der Waals surface area contributed by atoms with Gasteiger partial charge in [-0.25, -0.2) is 5.48 Å². The molecule has 0 spiro atoms. The van der Waals surface area contributed by atoms with Crippen molar-refractivity contribution in [2.75, 3.05) is 14.2 Å². The molecule has 1 unspecified atom stereocenters. The Morgan fingerprint density at radius 1 is 1.20 bits per heavy atom. The van der Waals surface area contributed by atoms with Crippen LogP contribution >= 0.6 is 0 Å². The van der Waals surface area contributed by atoms with E-state index in [4.69, 9.17) is 19.2 Å². The molecule has 3 rings (SSSR count). The zero-order valence-corrected chi connectivity index (χ0v) is 17.7. The van der Waals surface area contributed by atoms with Gasteiger partial charge in [0, 0.05) is 24.0 Å². The van der Waals surface area contributed by atoms with E-state index in [1.165, 1.54) is 32.1 Å². The molecule has 1 aromatic heterocycles. The average molecular weight is 418 g/mol. The number of nitrogens with zero attached hydrogens (tertiary/aromatic N) is 2. The molecule has 1 amide bonds. The van der Waals surface area contributed by atoms with E-state index in [0.717, 1.165) is 25.2 Å². The van der Waals surface area contributed by atoms with Crippen LogP contribution in [0.4, 0.5) is 0 Å². The largest absolute Gasteiger partial charge is 0.497 e. The van der Waals surface area contributed by atoms with E-state index in [1.807, 2.05) is 0 Å². The van der Waals surface area contributed by atoms with Crippen LogP contribution in [0.15, 0.2) is 22.7 Å². The fourth-order valence-corrected chi connectivity index (χ4v) is 4.17. The lowest BCUT2D eigenvalue weighted by molar-refractivity contribution is -0.129. The van der Waals surface area contributed by atoms with E-state index in [0.29, 0.717) is 28.8 Å². The molecule has 0 saturated heterocycles. The minimum atomic E-state index is -0.458. The normalized spacial score (nSPS) is 15.6. The summed E-state index contributed by atoms with van der Waals surface area (Å²) < 4.78 is 16.1. The lowest BCUT2D eigenvalue weighted by Crippen LogP contribution is -2.21. The predicted octanol–water partition coefficient (Wildman–Crippen LogP) is 4.48. The zero-order valence-electron chi connectivity index (χ0n) is 17.7. The maximum absolute atomic E-state index is 11.8. The summed E-state index contributed by atoms with van der Waals surface area (Å²) in [6.07, 6.45) is 9.56. The number of carbonyl (C=O) groups is 1. The number of nitrogens with one attached hydrogen (secondary N) is 1. The molecule has 0 aliphatic heterocycles. The summed E-state index contributed by atoms with van der Waals surface area (Å²) in [5, 5.41) is 13.1. The van der Waals surface area contributed by atoms with Crippen LogP contribution in [-0.2, 0) is 4.79 Å². The highest BCUT2D eigenvalue weighted by atomic mass is 16.5. The first-order chi connectivity index (χ1) is 14.6. The SMILES string of the molecule is COc1cc(OC)cc(-c2noc(C(CCCC3CCCCC3)CC(=O)NO)n2)c1. The summed E-state index contributed by atoms with van der Waals surface area (Å²) in [5.41, 5.74) is 2.41. The number of rotatable bonds is 10. The third-order valence-electron chi connectivity index (χ3n) is 5.85. The molecule has 1 fully saturated rings. The van der Waals surface area contributed by atoms with Gasteiger partial charge < -0.3 is 14.0 Å². The molecule has 1 saturated carbocycles. The van der Waals surface area contributed by atoms with Crippen molar-refractivity contribution in [3.05, 3.63) is 24.1 Å². The van der Waals surface area contributed by atoms with Crippen LogP contribution in [-0.4, -0.2) is 35.5 Å². The molecule has 1 aromatic carbocycles. The van der Waals surface area contributed by atoms with E-state index in [1.54, 1.807) is 37.9 Å². The fourth-order valence-electron chi connectivity index (χ4n) is 4.17. The number of amides is 1. The zero-order chi connectivity index (χ0) is 21.3. The number of hydroxylamine groups is 1. The predicted molar refractivity (Wildman–Crippen MR) is 111 cm³/mol. The first kappa shape index (κ1) is 22.1. The molecular formula is C22H31N3O5. The topological polar surface area (TPSA) is 107 Å². The highest BCUT2D eigenvalue weighted by Gasteiger charge is 2.24. The third-order valence-corrected chi connectivity index (χ3v) is 5.85. The molecular weight excluding hydrogens is 386 g/mol. The quantitative estimate of drug-likeness (QED) is 0.433. The van der Waals surface area contributed by atoms with Gasteiger partial charge in [-0.05, 0) is 24.5 Å². The van der Waals surface area contributed by atoms with E-state index < -0.39 is 5.91 Å². The van der Waals surface area contributed by atoms with E-state index >= 15 is 0 Å². The van der Waals surface area contributed by atoms with Crippen molar-refractivity contribution in [1.29, 1.82) is 0 Å². The minimum Gasteiger partial charge on any atom is -0.497 e. The van der Waals surface area contributed by atoms with Gasteiger partial charge in [-0.15, -0.1) is 0 Å². The van der Waals surface area contributed by atoms with Crippen LogP contribution in [0, 0.1) is 5.92 Å². The van der Waals surface area contributed by atoms with Crippen LogP contribution in [0.3, 0.4) is 0 Å². The minimum absolute atomic E-state index is 0.101. The Morgan fingerprint density at radius 2 is 1.90 bits per heavy atom. The van der Waals surface area contributed by atoms with Gasteiger partial charge in [-0.3, -0.25) is 10.0 Å². The Labute approximate surface area is 176 Å². The van der Waals surface area contributed by atoms with E-state index in [2.05, 4.69) is 10.1 Å². The highest BCUT2D eigenvalue weighted by Crippen LogP contribution is 2.33. The van der Waals surface area contributed by atoms with Crippen molar-refractivity contribution in [3.63, 3.8) is 0 Å². The number of hydrogen-bond acceptors (Lipinski definition) is 7. The second-order valence-corrected chi connectivity index (χ2v) is 7.93. The molecule has 2 N–H and O–H groups in total. The Hall–Kier alpha value is -2.61. The summed E-state index contributed by atoms with van der Waals surface area (Å²) in [5.74, 6) is 2.13. The molecule has 1 aliphatic carbocycles. The second-order valence-electron chi connectivity index (χ2n) is 7.93. The first-order valence-corrected chi connectivity index (χ1v) is 10.6. The Morgan fingerprint density at radius 3 is 2.53 bits per heavy atom. The van der Waals surface area contributed by atoms with Crippen LogP contribution in [0.1, 0.15) is 69.6 Å². The van der Waals surface area contributed by atoms with Gasteiger partial charge in [-0.2, -0.15) is 4.98 Å². The first-order valence-electron chi connectivity index (χ1n) is 10.6. The van der Waals surface area contributed by atoms with Gasteiger partial charge in [0.15, 0.2) is 0 Å². The maximum atomic E-state index is 11.8. The molecule has 8 nitrogen and oxygen atoms in total. The van der Waals surface area contributed by atoms with E-state index in [9.17, 15) is 4.79 Å². The van der Waals surface area contributed by atoms with Crippen molar-refractivity contribution in [1.82, 2.24) is 15.6 Å². The molecule has 164 valence electrons. The molecule has 1 aliphatic rings. The summed E-state index contributed by atoms with van der Waals surface area (Å²) in [6.45, 7) is 0. The third kappa shape index (κ3) is 5.95. The van der Waals surface area contributed by atoms with Gasteiger partial charge in [0.05, 0.1) is 14.2 Å². The van der Waals surface area contributed by atoms with Gasteiger partial charge in [-0.1, -0.05) is 50.1 Å². The van der Waals surface area contributed by atoms with Gasteiger partial charge >= 0.3 is 0 Å². The number of carbonyl (C=O) groups excluding carboxylic acids is 1. The van der Waals surface area contributed by atoms with Crippen LogP contribution in [0.5, 0.6) is 11.5 Å². The second kappa shape index (κ2) is 11.0. The number of aromatic nitrogens is 2. The summed E-state index contributed by atoms with van der Waals surface area (Å²) in [7, 11) is 3.16. The lowest BCUT2D eigenvalue weighted by atomic mass is 9.84. The lowest BCUT2D eigenvalue weighted by Gasteiger charge is -2.22. The summed E-state index contributed by atoms with van der Waals surface area (Å²) >= 11 is 0. The summed E-state index contributed by atoms with van der Waals surface area (Å²) in [6, 6.07) is 5.37. The van der Waals surface area contributed by atoms with Crippen LogP contribution < -0.4 is 15.0 Å². The summed E-state index contributed by atoms with van der Waals surface area (Å²) in [4.78, 5) is 16.4. The van der Waals surface area contributed by atoms with Crippen molar-refractivity contribution < 1.29 is 24.0 Å². The van der Waals surface area contributed by atoms with Gasteiger partial charge in [0.2, 0.25) is 17.6 Å². The monoisotopic (exact) mass is 417 g/mol. The van der Waals surface area contributed by atoms with Crippen LogP contribution in [0.2, 0.25) is 0 Å². The Kier molecular flexibility index (Phi) is 8.07. The Bertz CT molecular complexity index is 795.